The minimum absolute atomic E-state index is 1.26. The number of thiophene rings is 3. The fraction of sp³-hybridized carbons (Fsp3) is 0. The van der Waals surface area contributed by atoms with E-state index in [9.17, 15) is 0 Å². The van der Waals surface area contributed by atoms with Gasteiger partial charge in [0.1, 0.15) is 0 Å². The van der Waals surface area contributed by atoms with E-state index in [1.165, 1.54) is 61.9 Å². The summed E-state index contributed by atoms with van der Waals surface area (Å²) < 4.78 is 5.63. The number of hydrogen-bond acceptors (Lipinski definition) is 3. The van der Waals surface area contributed by atoms with Crippen molar-refractivity contribution in [3.63, 3.8) is 0 Å². The van der Waals surface area contributed by atoms with Crippen LogP contribution in [-0.4, -0.2) is 0 Å². The average Bonchev–Trinajstić information content (AvgIpc) is 3.61. The lowest BCUT2D eigenvalue weighted by Gasteiger charge is -2.03. The summed E-state index contributed by atoms with van der Waals surface area (Å²) in [5, 5.41) is 0. The Bertz CT molecular complexity index is 1620. The Labute approximate surface area is 216 Å². The van der Waals surface area contributed by atoms with E-state index in [0.717, 1.165) is 0 Å². The van der Waals surface area contributed by atoms with E-state index in [1.807, 2.05) is 34.0 Å². The maximum Gasteiger partial charge on any atom is 0.0636 e. The fourth-order valence-corrected chi connectivity index (χ4v) is 8.57. The van der Waals surface area contributed by atoms with E-state index in [4.69, 9.17) is 0 Å². The van der Waals surface area contributed by atoms with Crippen LogP contribution in [0.2, 0.25) is 0 Å². The first kappa shape index (κ1) is 20.8. The zero-order valence-electron chi connectivity index (χ0n) is 18.8. The van der Waals surface area contributed by atoms with Crippen molar-refractivity contribution in [2.24, 2.45) is 0 Å². The lowest BCUT2D eigenvalue weighted by atomic mass is 10.0. The van der Waals surface area contributed by atoms with Crippen LogP contribution in [0.1, 0.15) is 0 Å². The molecule has 7 aromatic rings. The quantitative estimate of drug-likeness (QED) is 0.225. The summed E-state index contributed by atoms with van der Waals surface area (Å²) >= 11 is 5.75. The zero-order valence-corrected chi connectivity index (χ0v) is 21.2. The molecule has 0 saturated carbocycles. The molecule has 166 valence electrons. The Kier molecular flexibility index (Phi) is 5.13. The first-order chi connectivity index (χ1) is 17.3. The molecule has 3 heterocycles. The minimum Gasteiger partial charge on any atom is -0.133 e. The Morgan fingerprint density at radius 2 is 0.657 bits per heavy atom. The van der Waals surface area contributed by atoms with Gasteiger partial charge in [-0.3, -0.25) is 0 Å². The second-order valence-electron chi connectivity index (χ2n) is 8.60. The molecule has 0 aliphatic heterocycles. The molecule has 7 rings (SSSR count). The first-order valence-corrected chi connectivity index (χ1v) is 14.0. The van der Waals surface area contributed by atoms with Crippen LogP contribution in [0, 0.1) is 0 Å². The molecule has 0 amide bonds. The van der Waals surface area contributed by atoms with Crippen LogP contribution in [0.25, 0.3) is 61.9 Å². The van der Waals surface area contributed by atoms with Crippen LogP contribution < -0.4 is 0 Å². The van der Waals surface area contributed by atoms with Crippen molar-refractivity contribution in [3.05, 3.63) is 121 Å². The predicted molar refractivity (Wildman–Crippen MR) is 157 cm³/mol. The van der Waals surface area contributed by atoms with Gasteiger partial charge in [-0.15, -0.1) is 34.0 Å². The van der Waals surface area contributed by atoms with Crippen molar-refractivity contribution in [3.8, 4) is 43.1 Å². The fourth-order valence-electron chi connectivity index (χ4n) is 4.53. The molecule has 35 heavy (non-hydrogen) atoms. The van der Waals surface area contributed by atoms with Crippen molar-refractivity contribution >= 4 is 52.8 Å². The highest BCUT2D eigenvalue weighted by atomic mass is 32.1. The molecule has 0 saturated heterocycles. The lowest BCUT2D eigenvalue weighted by Crippen LogP contribution is -1.77. The molecule has 0 unspecified atom stereocenters. The molecule has 0 spiro atoms. The summed E-state index contributed by atoms with van der Waals surface area (Å²) in [7, 11) is 0. The van der Waals surface area contributed by atoms with Crippen LogP contribution in [0.15, 0.2) is 121 Å². The summed E-state index contributed by atoms with van der Waals surface area (Å²) in [6.45, 7) is 0. The van der Waals surface area contributed by atoms with Gasteiger partial charge in [0.25, 0.3) is 0 Å². The van der Waals surface area contributed by atoms with E-state index in [1.54, 1.807) is 0 Å². The second-order valence-corrected chi connectivity index (χ2v) is 11.8. The molecular weight excluding hydrogens is 481 g/mol. The molecule has 0 bridgehead atoms. The minimum atomic E-state index is 1.26. The highest BCUT2D eigenvalue weighted by molar-refractivity contribution is 7.40. The van der Waals surface area contributed by atoms with Crippen LogP contribution >= 0.6 is 34.0 Å². The largest absolute Gasteiger partial charge is 0.133 e. The Morgan fingerprint density at radius 1 is 0.314 bits per heavy atom. The lowest BCUT2D eigenvalue weighted by molar-refractivity contribution is 1.62. The third-order valence-electron chi connectivity index (χ3n) is 6.38. The van der Waals surface area contributed by atoms with Crippen LogP contribution in [0.5, 0.6) is 0 Å². The van der Waals surface area contributed by atoms with Gasteiger partial charge in [0.05, 0.1) is 9.40 Å². The Morgan fingerprint density at radius 3 is 1.06 bits per heavy atom. The highest BCUT2D eigenvalue weighted by Crippen LogP contribution is 2.48. The standard InChI is InChI=1S/C32H20S3/c1-3-7-21(8-4-1)23-11-15-25(16-12-23)27-19-29-31(34-27)32-30(33-29)20-28(35-32)26-17-13-24(14-18-26)22-9-5-2-6-10-22/h1-20H. The molecule has 3 heteroatoms. The van der Waals surface area contributed by atoms with Crippen LogP contribution in [-0.2, 0) is 0 Å². The van der Waals surface area contributed by atoms with Crippen molar-refractivity contribution < 1.29 is 0 Å². The van der Waals surface area contributed by atoms with E-state index in [0.29, 0.717) is 0 Å². The molecule has 0 atom stereocenters. The Balaban J connectivity index is 1.20. The van der Waals surface area contributed by atoms with E-state index in [2.05, 4.69) is 121 Å². The maximum absolute atomic E-state index is 2.36. The summed E-state index contributed by atoms with van der Waals surface area (Å²) in [4.78, 5) is 2.69. The van der Waals surface area contributed by atoms with Crippen molar-refractivity contribution in [2.45, 2.75) is 0 Å². The van der Waals surface area contributed by atoms with Crippen LogP contribution in [0.4, 0.5) is 0 Å². The van der Waals surface area contributed by atoms with E-state index in [-0.39, 0.29) is 0 Å². The highest BCUT2D eigenvalue weighted by Gasteiger charge is 2.15. The van der Waals surface area contributed by atoms with Gasteiger partial charge in [0.15, 0.2) is 0 Å². The van der Waals surface area contributed by atoms with E-state index < -0.39 is 0 Å². The third kappa shape index (κ3) is 3.82. The normalized spacial score (nSPS) is 11.4. The SMILES string of the molecule is c1ccc(-c2ccc(-c3cc4sc5cc(-c6ccc(-c7ccccc7)cc6)sc5c4s3)cc2)cc1. The summed E-state index contributed by atoms with van der Waals surface area (Å²) in [5.41, 5.74) is 7.62. The Hall–Kier alpha value is -3.50. The molecule has 0 fully saturated rings. The molecule has 0 aliphatic carbocycles. The van der Waals surface area contributed by atoms with Gasteiger partial charge >= 0.3 is 0 Å². The third-order valence-corrected chi connectivity index (χ3v) is 10.2. The monoisotopic (exact) mass is 500 g/mol. The smallest absolute Gasteiger partial charge is 0.0636 e. The van der Waals surface area contributed by atoms with Crippen molar-refractivity contribution in [1.29, 1.82) is 0 Å². The van der Waals surface area contributed by atoms with Gasteiger partial charge in [0.2, 0.25) is 0 Å². The molecule has 0 nitrogen and oxygen atoms in total. The number of hydrogen-bond donors (Lipinski definition) is 0. The van der Waals surface area contributed by atoms with Crippen molar-refractivity contribution in [1.82, 2.24) is 0 Å². The van der Waals surface area contributed by atoms with Gasteiger partial charge in [0, 0.05) is 19.2 Å². The van der Waals surface area contributed by atoms with Gasteiger partial charge in [-0.05, 0) is 45.5 Å². The summed E-state index contributed by atoms with van der Waals surface area (Å²) in [6.07, 6.45) is 0. The first-order valence-electron chi connectivity index (χ1n) is 11.6. The maximum atomic E-state index is 2.36. The molecule has 0 N–H and O–H groups in total. The van der Waals surface area contributed by atoms with Crippen LogP contribution in [0.3, 0.4) is 0 Å². The van der Waals surface area contributed by atoms with Crippen molar-refractivity contribution in [2.75, 3.05) is 0 Å². The topological polar surface area (TPSA) is 0 Å². The molecule has 0 radical (unpaired) electrons. The number of fused-ring (bicyclic) bond motifs is 3. The van der Waals surface area contributed by atoms with Gasteiger partial charge in [-0.25, -0.2) is 0 Å². The van der Waals surface area contributed by atoms with E-state index >= 15 is 0 Å². The molecule has 3 aromatic heterocycles. The number of rotatable bonds is 4. The van der Waals surface area contributed by atoms with Gasteiger partial charge < -0.3 is 0 Å². The molecular formula is C32H20S3. The van der Waals surface area contributed by atoms with Gasteiger partial charge in [-0.2, -0.15) is 0 Å². The molecule has 0 aliphatic rings. The summed E-state index contributed by atoms with van der Waals surface area (Å²) in [5.74, 6) is 0. The predicted octanol–water partition coefficient (Wildman–Crippen LogP) is 10.8. The number of benzene rings is 4. The van der Waals surface area contributed by atoms with Gasteiger partial charge in [-0.1, -0.05) is 109 Å². The molecule has 4 aromatic carbocycles. The zero-order chi connectivity index (χ0) is 23.2. The second kappa shape index (κ2) is 8.62. The summed E-state index contributed by atoms with van der Waals surface area (Å²) in [6, 6.07) is 43.8. The average molecular weight is 501 g/mol.